The van der Waals surface area contributed by atoms with Gasteiger partial charge in [-0.05, 0) is 37.5 Å². The summed E-state index contributed by atoms with van der Waals surface area (Å²) in [6.07, 6.45) is 0.552. The molecule has 7 heteroatoms. The van der Waals surface area contributed by atoms with Crippen LogP contribution in [0.5, 0.6) is 11.5 Å². The van der Waals surface area contributed by atoms with Crippen LogP contribution in [0.4, 0.5) is 11.4 Å². The number of carbonyl (C=O) groups excluding carboxylic acids is 2. The molecule has 31 heavy (non-hydrogen) atoms. The molecule has 4 rings (SSSR count). The zero-order valence-corrected chi connectivity index (χ0v) is 18.5. The van der Waals surface area contributed by atoms with Gasteiger partial charge in [-0.25, -0.2) is 0 Å². The Labute approximate surface area is 182 Å². The summed E-state index contributed by atoms with van der Waals surface area (Å²) in [5.74, 6) is 0.402. The van der Waals surface area contributed by atoms with Crippen LogP contribution in [0, 0.1) is 18.8 Å². The molecule has 164 valence electrons. The molecule has 0 radical (unpaired) electrons. The van der Waals surface area contributed by atoms with Gasteiger partial charge in [0.05, 0.1) is 25.8 Å². The molecule has 2 aliphatic heterocycles. The first-order chi connectivity index (χ1) is 14.8. The number of benzene rings is 2. The lowest BCUT2D eigenvalue weighted by Gasteiger charge is -2.30. The highest BCUT2D eigenvalue weighted by Crippen LogP contribution is 2.48. The highest BCUT2D eigenvalue weighted by Gasteiger charge is 2.60. The van der Waals surface area contributed by atoms with E-state index in [0.29, 0.717) is 23.6 Å². The van der Waals surface area contributed by atoms with E-state index in [0.717, 1.165) is 16.8 Å². The summed E-state index contributed by atoms with van der Waals surface area (Å²) in [6, 6.07) is 11.1. The summed E-state index contributed by atoms with van der Waals surface area (Å²) < 4.78 is 10.7. The first-order valence-electron chi connectivity index (χ1n) is 10.5. The number of aryl methyl sites for hydroxylation is 1. The Morgan fingerprint density at radius 3 is 2.61 bits per heavy atom. The maximum absolute atomic E-state index is 13.6. The fourth-order valence-corrected chi connectivity index (χ4v) is 4.68. The number of carbonyl (C=O) groups is 2. The Hall–Kier alpha value is -3.06. The van der Waals surface area contributed by atoms with Gasteiger partial charge in [-0.1, -0.05) is 31.5 Å². The number of amides is 2. The lowest BCUT2D eigenvalue weighted by Crippen LogP contribution is -2.52. The minimum absolute atomic E-state index is 0.0279. The maximum Gasteiger partial charge on any atom is 0.250 e. The third kappa shape index (κ3) is 3.43. The molecule has 1 spiro atoms. The summed E-state index contributed by atoms with van der Waals surface area (Å²) in [6.45, 7) is 6.18. The Balaban J connectivity index is 1.75. The highest BCUT2D eigenvalue weighted by molar-refractivity contribution is 6.10. The van der Waals surface area contributed by atoms with Gasteiger partial charge in [0, 0.05) is 23.4 Å². The molecule has 0 saturated carbocycles. The van der Waals surface area contributed by atoms with Crippen LogP contribution in [0.2, 0.25) is 0 Å². The van der Waals surface area contributed by atoms with Crippen LogP contribution >= 0.6 is 0 Å². The molecule has 0 aromatic heterocycles. The van der Waals surface area contributed by atoms with Crippen molar-refractivity contribution in [1.82, 2.24) is 5.32 Å². The number of hydrogen-bond acceptors (Lipinski definition) is 5. The predicted molar refractivity (Wildman–Crippen MR) is 120 cm³/mol. The average Bonchev–Trinajstić information content (AvgIpc) is 3.28. The molecule has 0 unspecified atom stereocenters. The summed E-state index contributed by atoms with van der Waals surface area (Å²) >= 11 is 0. The SMILES string of the molecule is COc1ccc(OC)c(NC(=O)[C@H]2C[C@H](C(C)C)N[C@]23C(=O)Nc2ccc(C)cc23)c1. The minimum atomic E-state index is -1.10. The van der Waals surface area contributed by atoms with E-state index in [1.807, 2.05) is 25.1 Å². The number of nitrogens with one attached hydrogen (secondary N) is 3. The summed E-state index contributed by atoms with van der Waals surface area (Å²) in [7, 11) is 3.12. The molecule has 1 saturated heterocycles. The monoisotopic (exact) mass is 423 g/mol. The van der Waals surface area contributed by atoms with Gasteiger partial charge in [0.2, 0.25) is 11.8 Å². The Bertz CT molecular complexity index is 1040. The van der Waals surface area contributed by atoms with Crippen molar-refractivity contribution in [2.75, 3.05) is 24.9 Å². The molecule has 2 amide bonds. The second-order valence-corrected chi connectivity index (χ2v) is 8.65. The molecule has 2 aromatic carbocycles. The van der Waals surface area contributed by atoms with Crippen molar-refractivity contribution in [3.63, 3.8) is 0 Å². The molecule has 2 aliphatic rings. The summed E-state index contributed by atoms with van der Waals surface area (Å²) in [5, 5.41) is 9.51. The number of fused-ring (bicyclic) bond motifs is 2. The smallest absolute Gasteiger partial charge is 0.250 e. The van der Waals surface area contributed by atoms with E-state index in [1.165, 1.54) is 0 Å². The van der Waals surface area contributed by atoms with Crippen molar-refractivity contribution in [2.45, 2.75) is 38.8 Å². The molecule has 2 heterocycles. The molecule has 0 aliphatic carbocycles. The van der Waals surface area contributed by atoms with Crippen molar-refractivity contribution < 1.29 is 19.1 Å². The largest absolute Gasteiger partial charge is 0.497 e. The Kier molecular flexibility index (Phi) is 5.39. The normalized spacial score (nSPS) is 24.3. The Morgan fingerprint density at radius 2 is 1.94 bits per heavy atom. The minimum Gasteiger partial charge on any atom is -0.497 e. The third-order valence-corrected chi connectivity index (χ3v) is 6.42. The van der Waals surface area contributed by atoms with Crippen molar-refractivity contribution in [1.29, 1.82) is 0 Å². The van der Waals surface area contributed by atoms with Gasteiger partial charge in [0.15, 0.2) is 0 Å². The third-order valence-electron chi connectivity index (χ3n) is 6.42. The van der Waals surface area contributed by atoms with Crippen LogP contribution in [0.3, 0.4) is 0 Å². The molecule has 1 fully saturated rings. The second kappa shape index (κ2) is 7.89. The molecule has 3 N–H and O–H groups in total. The molecular weight excluding hydrogens is 394 g/mol. The molecular formula is C24H29N3O4. The quantitative estimate of drug-likeness (QED) is 0.686. The van der Waals surface area contributed by atoms with Crippen LogP contribution in [0.15, 0.2) is 36.4 Å². The van der Waals surface area contributed by atoms with E-state index in [4.69, 9.17) is 9.47 Å². The summed E-state index contributed by atoms with van der Waals surface area (Å²) in [4.78, 5) is 27.0. The van der Waals surface area contributed by atoms with Gasteiger partial charge in [-0.2, -0.15) is 0 Å². The molecule has 7 nitrogen and oxygen atoms in total. The number of methoxy groups -OCH3 is 2. The topological polar surface area (TPSA) is 88.7 Å². The Morgan fingerprint density at radius 1 is 1.16 bits per heavy atom. The number of hydrogen-bond donors (Lipinski definition) is 3. The van der Waals surface area contributed by atoms with Crippen LogP contribution in [-0.4, -0.2) is 32.1 Å². The van der Waals surface area contributed by atoms with E-state index in [9.17, 15) is 9.59 Å². The zero-order valence-electron chi connectivity index (χ0n) is 18.5. The van der Waals surface area contributed by atoms with Gasteiger partial charge in [-0.3, -0.25) is 14.9 Å². The van der Waals surface area contributed by atoms with E-state index in [-0.39, 0.29) is 23.8 Å². The first-order valence-corrected chi connectivity index (χ1v) is 10.5. The van der Waals surface area contributed by atoms with E-state index >= 15 is 0 Å². The fourth-order valence-electron chi connectivity index (χ4n) is 4.68. The fraction of sp³-hybridized carbons (Fsp3) is 0.417. The van der Waals surface area contributed by atoms with Crippen LogP contribution in [-0.2, 0) is 15.1 Å². The highest BCUT2D eigenvalue weighted by atomic mass is 16.5. The van der Waals surface area contributed by atoms with E-state index in [1.54, 1.807) is 32.4 Å². The van der Waals surface area contributed by atoms with Gasteiger partial charge < -0.3 is 20.1 Å². The van der Waals surface area contributed by atoms with Gasteiger partial charge in [-0.15, -0.1) is 0 Å². The maximum atomic E-state index is 13.6. The van der Waals surface area contributed by atoms with Crippen LogP contribution in [0.1, 0.15) is 31.4 Å². The van der Waals surface area contributed by atoms with Gasteiger partial charge in [0.25, 0.3) is 0 Å². The first kappa shape index (κ1) is 21.2. The second-order valence-electron chi connectivity index (χ2n) is 8.65. The van der Waals surface area contributed by atoms with Crippen molar-refractivity contribution in [3.8, 4) is 11.5 Å². The van der Waals surface area contributed by atoms with Crippen molar-refractivity contribution >= 4 is 23.2 Å². The zero-order chi connectivity index (χ0) is 22.3. The lowest BCUT2D eigenvalue weighted by atomic mass is 9.79. The molecule has 2 aromatic rings. The number of rotatable bonds is 5. The molecule has 0 bridgehead atoms. The van der Waals surface area contributed by atoms with Gasteiger partial charge >= 0.3 is 0 Å². The van der Waals surface area contributed by atoms with Crippen molar-refractivity contribution in [3.05, 3.63) is 47.5 Å². The van der Waals surface area contributed by atoms with Crippen LogP contribution < -0.4 is 25.4 Å². The molecule has 3 atom stereocenters. The predicted octanol–water partition coefficient (Wildman–Crippen LogP) is 3.43. The van der Waals surface area contributed by atoms with Crippen LogP contribution in [0.25, 0.3) is 0 Å². The average molecular weight is 424 g/mol. The van der Waals surface area contributed by atoms with Crippen molar-refractivity contribution in [2.24, 2.45) is 11.8 Å². The number of ether oxygens (including phenoxy) is 2. The van der Waals surface area contributed by atoms with E-state index < -0.39 is 11.5 Å². The lowest BCUT2D eigenvalue weighted by molar-refractivity contribution is -0.130. The van der Waals surface area contributed by atoms with Gasteiger partial charge in [0.1, 0.15) is 17.0 Å². The van der Waals surface area contributed by atoms with E-state index in [2.05, 4.69) is 29.8 Å². The summed E-state index contributed by atoms with van der Waals surface area (Å²) in [5.41, 5.74) is 2.03. The standard InChI is InChI=1S/C24H29N3O4/c1-13(2)19-12-17(22(28)25-20-11-15(30-4)7-9-21(20)31-5)24(27-19)16-10-14(3)6-8-18(16)26-23(24)29/h6-11,13,17,19,27H,12H2,1-5H3,(H,25,28)(H,26,29)/t17-,19-,24+/m1/s1. The number of anilines is 2.